The lowest BCUT2D eigenvalue weighted by atomic mass is 9.96. The number of esters is 1. The molecule has 1 unspecified atom stereocenters. The van der Waals surface area contributed by atoms with Gasteiger partial charge >= 0.3 is 5.97 Å². The fraction of sp³-hybridized carbons (Fsp3) is 0.357. The first-order chi connectivity index (χ1) is 10.7. The molecule has 124 valence electrons. The third-order valence-electron chi connectivity index (χ3n) is 3.18. The predicted molar refractivity (Wildman–Crippen MR) is 79.1 cm³/mol. The van der Waals surface area contributed by atoms with Crippen LogP contribution in [0.2, 0.25) is 0 Å². The Morgan fingerprint density at radius 1 is 1.43 bits per heavy atom. The third-order valence-corrected chi connectivity index (χ3v) is 4.44. The zero-order valence-corrected chi connectivity index (χ0v) is 13.6. The lowest BCUT2D eigenvalue weighted by Crippen LogP contribution is -2.33. The van der Waals surface area contributed by atoms with Gasteiger partial charge in [-0.25, -0.2) is 8.42 Å². The molecule has 0 bridgehead atoms. The molecule has 0 aliphatic carbocycles. The summed E-state index contributed by atoms with van der Waals surface area (Å²) in [5, 5.41) is 0. The number of carbonyl (C=O) groups excluding carboxylic acids is 2. The van der Waals surface area contributed by atoms with Crippen molar-refractivity contribution in [2.75, 3.05) is 5.75 Å². The second-order valence-corrected chi connectivity index (χ2v) is 6.95. The van der Waals surface area contributed by atoms with Gasteiger partial charge in [0.25, 0.3) is 11.7 Å². The fourth-order valence-electron chi connectivity index (χ4n) is 1.95. The van der Waals surface area contributed by atoms with Crippen molar-refractivity contribution in [1.82, 2.24) is 9.71 Å². The Hall–Kier alpha value is -2.42. The standard InChI is InChI=1S/C14H16N2O6S/c1-4-23(19,20)16-13-11(21-9(2)17)12(18)14(3,22-13)10-7-5-6-8-15-10/h5-8,16H,4H2,1-3H3. The van der Waals surface area contributed by atoms with Crippen molar-refractivity contribution in [2.45, 2.75) is 26.4 Å². The van der Waals surface area contributed by atoms with Crippen molar-refractivity contribution in [2.24, 2.45) is 0 Å². The summed E-state index contributed by atoms with van der Waals surface area (Å²) in [5.41, 5.74) is -1.32. The summed E-state index contributed by atoms with van der Waals surface area (Å²) in [6, 6.07) is 4.87. The van der Waals surface area contributed by atoms with Crippen LogP contribution < -0.4 is 4.72 Å². The van der Waals surface area contributed by atoms with E-state index in [1.807, 2.05) is 0 Å². The number of hydrogen-bond donors (Lipinski definition) is 1. The second-order valence-electron chi connectivity index (χ2n) is 4.94. The number of nitrogens with one attached hydrogen (secondary N) is 1. The van der Waals surface area contributed by atoms with E-state index in [-0.39, 0.29) is 11.4 Å². The molecule has 9 heteroatoms. The summed E-state index contributed by atoms with van der Waals surface area (Å²) in [6.45, 7) is 3.94. The lowest BCUT2D eigenvalue weighted by Gasteiger charge is -2.22. The monoisotopic (exact) mass is 340 g/mol. The summed E-state index contributed by atoms with van der Waals surface area (Å²) in [5.74, 6) is -2.60. The molecule has 0 fully saturated rings. The van der Waals surface area contributed by atoms with Gasteiger partial charge in [0.2, 0.25) is 21.4 Å². The topological polar surface area (TPSA) is 112 Å². The van der Waals surface area contributed by atoms with Crippen molar-refractivity contribution in [3.63, 3.8) is 0 Å². The highest BCUT2D eigenvalue weighted by molar-refractivity contribution is 7.89. The highest BCUT2D eigenvalue weighted by Gasteiger charge is 2.51. The van der Waals surface area contributed by atoms with Crippen LogP contribution in [0.25, 0.3) is 0 Å². The van der Waals surface area contributed by atoms with Crippen molar-refractivity contribution >= 4 is 21.8 Å². The number of pyridine rings is 1. The lowest BCUT2D eigenvalue weighted by molar-refractivity contribution is -0.142. The molecule has 8 nitrogen and oxygen atoms in total. The van der Waals surface area contributed by atoms with E-state index >= 15 is 0 Å². The third kappa shape index (κ3) is 3.34. The molecular formula is C14H16N2O6S. The minimum absolute atomic E-state index is 0.234. The summed E-state index contributed by atoms with van der Waals surface area (Å²) in [6.07, 6.45) is 1.47. The summed E-state index contributed by atoms with van der Waals surface area (Å²) >= 11 is 0. The van der Waals surface area contributed by atoms with Crippen LogP contribution in [0.5, 0.6) is 0 Å². The Labute approximate surface area is 133 Å². The van der Waals surface area contributed by atoms with Gasteiger partial charge < -0.3 is 9.47 Å². The highest BCUT2D eigenvalue weighted by Crippen LogP contribution is 2.37. The molecule has 1 aliphatic rings. The van der Waals surface area contributed by atoms with Crippen LogP contribution in [0, 0.1) is 0 Å². The Bertz CT molecular complexity index is 772. The van der Waals surface area contributed by atoms with Gasteiger partial charge in [0.1, 0.15) is 0 Å². The summed E-state index contributed by atoms with van der Waals surface area (Å²) < 4.78 is 36.0. The van der Waals surface area contributed by atoms with Crippen molar-refractivity contribution in [3.05, 3.63) is 41.7 Å². The molecule has 0 radical (unpaired) electrons. The number of carbonyl (C=O) groups is 2. The quantitative estimate of drug-likeness (QED) is 0.780. The highest BCUT2D eigenvalue weighted by atomic mass is 32.2. The largest absolute Gasteiger partial charge is 0.454 e. The first-order valence-electron chi connectivity index (χ1n) is 6.78. The van der Waals surface area contributed by atoms with Crippen molar-refractivity contribution in [3.8, 4) is 0 Å². The minimum Gasteiger partial charge on any atom is -0.454 e. The van der Waals surface area contributed by atoms with Crippen LogP contribution in [-0.2, 0) is 34.7 Å². The maximum atomic E-state index is 12.6. The first-order valence-corrected chi connectivity index (χ1v) is 8.43. The molecule has 0 saturated heterocycles. The molecule has 1 aromatic heterocycles. The first kappa shape index (κ1) is 16.9. The number of rotatable bonds is 5. The predicted octanol–water partition coefficient (Wildman–Crippen LogP) is 0.568. The summed E-state index contributed by atoms with van der Waals surface area (Å²) in [4.78, 5) is 27.9. The second kappa shape index (κ2) is 5.99. The number of sulfonamides is 1. The molecular weight excluding hydrogens is 324 g/mol. The smallest absolute Gasteiger partial charge is 0.308 e. The molecule has 2 heterocycles. The van der Waals surface area contributed by atoms with Crippen LogP contribution >= 0.6 is 0 Å². The number of hydrogen-bond acceptors (Lipinski definition) is 7. The molecule has 0 saturated carbocycles. The van der Waals surface area contributed by atoms with Crippen LogP contribution in [-0.4, -0.2) is 30.9 Å². The average molecular weight is 340 g/mol. The van der Waals surface area contributed by atoms with E-state index in [1.165, 1.54) is 20.0 Å². The number of aromatic nitrogens is 1. The molecule has 1 aromatic rings. The van der Waals surface area contributed by atoms with Gasteiger partial charge in [-0.3, -0.25) is 19.3 Å². The minimum atomic E-state index is -3.72. The number of ketones is 1. The van der Waals surface area contributed by atoms with Gasteiger partial charge in [0.15, 0.2) is 0 Å². The van der Waals surface area contributed by atoms with Crippen LogP contribution in [0.4, 0.5) is 0 Å². The summed E-state index contributed by atoms with van der Waals surface area (Å²) in [7, 11) is -3.72. The SMILES string of the molecule is CCS(=O)(=O)NC1=C(OC(C)=O)C(=O)C(C)(c2ccccn2)O1. The van der Waals surface area contributed by atoms with Gasteiger partial charge in [0.05, 0.1) is 11.4 Å². The molecule has 1 N–H and O–H groups in total. The molecule has 1 aliphatic heterocycles. The molecule has 0 amide bonds. The van der Waals surface area contributed by atoms with Gasteiger partial charge in [-0.1, -0.05) is 6.07 Å². The van der Waals surface area contributed by atoms with Gasteiger partial charge in [0, 0.05) is 13.1 Å². The Balaban J connectivity index is 2.46. The molecule has 1 atom stereocenters. The normalized spacial score (nSPS) is 21.1. The van der Waals surface area contributed by atoms with E-state index in [1.54, 1.807) is 18.2 Å². The van der Waals surface area contributed by atoms with Gasteiger partial charge in [-0.05, 0) is 26.0 Å². The van der Waals surface area contributed by atoms with Crippen molar-refractivity contribution in [1.29, 1.82) is 0 Å². The Morgan fingerprint density at radius 3 is 2.65 bits per heavy atom. The van der Waals surface area contributed by atoms with E-state index in [9.17, 15) is 18.0 Å². The van der Waals surface area contributed by atoms with E-state index in [2.05, 4.69) is 9.71 Å². The van der Waals surface area contributed by atoms with Crippen molar-refractivity contribution < 1.29 is 27.5 Å². The number of ether oxygens (including phenoxy) is 2. The van der Waals surface area contributed by atoms with Gasteiger partial charge in [-0.2, -0.15) is 0 Å². The molecule has 2 rings (SSSR count). The molecule has 0 spiro atoms. The zero-order chi connectivity index (χ0) is 17.3. The van der Waals surface area contributed by atoms with Crippen LogP contribution in [0.15, 0.2) is 36.0 Å². The maximum absolute atomic E-state index is 12.6. The number of Topliss-reactive ketones (excluding diaryl/α,β-unsaturated/α-hetero) is 1. The van der Waals surface area contributed by atoms with Gasteiger partial charge in [-0.15, -0.1) is 0 Å². The van der Waals surface area contributed by atoms with E-state index in [0.29, 0.717) is 0 Å². The fourth-order valence-corrected chi connectivity index (χ4v) is 2.51. The van der Waals surface area contributed by atoms with E-state index in [0.717, 1.165) is 6.92 Å². The van der Waals surface area contributed by atoms with E-state index in [4.69, 9.17) is 9.47 Å². The molecule has 23 heavy (non-hydrogen) atoms. The van der Waals surface area contributed by atoms with Crippen LogP contribution in [0.1, 0.15) is 26.5 Å². The zero-order valence-electron chi connectivity index (χ0n) is 12.8. The van der Waals surface area contributed by atoms with Crippen LogP contribution in [0.3, 0.4) is 0 Å². The average Bonchev–Trinajstić information content (AvgIpc) is 2.73. The molecule has 0 aromatic carbocycles. The Morgan fingerprint density at radius 2 is 2.13 bits per heavy atom. The number of nitrogens with zero attached hydrogens (tertiary/aromatic N) is 1. The van der Waals surface area contributed by atoms with E-state index < -0.39 is 39.0 Å². The maximum Gasteiger partial charge on any atom is 0.308 e. The Kier molecular flexibility index (Phi) is 4.42.